The van der Waals surface area contributed by atoms with Crippen LogP contribution in [0.4, 0.5) is 17.1 Å². The molecule has 0 N–H and O–H groups in total. The maximum absolute atomic E-state index is 2.50. The van der Waals surface area contributed by atoms with Crippen molar-refractivity contribution in [3.63, 3.8) is 0 Å². The summed E-state index contributed by atoms with van der Waals surface area (Å²) in [5.41, 5.74) is 13.0. The number of thiophene rings is 1. The van der Waals surface area contributed by atoms with Gasteiger partial charge in [0.15, 0.2) is 0 Å². The number of fused-ring (bicyclic) bond motifs is 10. The Morgan fingerprint density at radius 1 is 0.373 bits per heavy atom. The average molecular weight is 768 g/mol. The predicted molar refractivity (Wildman–Crippen MR) is 252 cm³/mol. The molecule has 1 nitrogen and oxygen atoms in total. The molecule has 0 spiro atoms. The Morgan fingerprint density at radius 3 is 1.73 bits per heavy atom. The number of hydrogen-bond acceptors (Lipinski definition) is 2. The highest BCUT2D eigenvalue weighted by molar-refractivity contribution is 7.26. The van der Waals surface area contributed by atoms with Gasteiger partial charge in [0.1, 0.15) is 0 Å². The summed E-state index contributed by atoms with van der Waals surface area (Å²) in [6, 6.07) is 83.1. The van der Waals surface area contributed by atoms with Gasteiger partial charge in [-0.05, 0) is 91.7 Å². The maximum atomic E-state index is 2.50. The van der Waals surface area contributed by atoms with Crippen LogP contribution in [-0.4, -0.2) is 0 Å². The predicted octanol–water partition coefficient (Wildman–Crippen LogP) is 15.9. The number of rotatable bonds is 6. The monoisotopic (exact) mass is 767 g/mol. The zero-order valence-electron chi connectivity index (χ0n) is 32.2. The number of anilines is 3. The molecule has 2 heteroatoms. The van der Waals surface area contributed by atoms with Crippen molar-refractivity contribution in [2.75, 3.05) is 4.90 Å². The summed E-state index contributed by atoms with van der Waals surface area (Å²) < 4.78 is 2.64. The van der Waals surface area contributed by atoms with E-state index in [0.29, 0.717) is 0 Å². The van der Waals surface area contributed by atoms with Gasteiger partial charge in [0.05, 0.1) is 11.1 Å². The van der Waals surface area contributed by atoms with E-state index in [0.717, 1.165) is 17.1 Å². The summed E-state index contributed by atoms with van der Waals surface area (Å²) >= 11 is 1.90. The zero-order valence-corrected chi connectivity index (χ0v) is 33.0. The molecule has 59 heavy (non-hydrogen) atoms. The lowest BCUT2D eigenvalue weighted by molar-refractivity contribution is 0.768. The van der Waals surface area contributed by atoms with Crippen LogP contribution in [0.15, 0.2) is 224 Å². The molecule has 0 aliphatic heterocycles. The standard InChI is InChI=1S/C57H37NS/c1-3-16-38(17-4-1)39-30-32-43(33-31-39)58(53-36-40-18-7-8-23-45(40)55-50(53)35-34-49-48-26-11-14-29-54(48)59-56(49)55)44-22-15-21-42(37-44)57(41-19-5-2-6-20-41)51-27-12-9-24-46(51)47-25-10-13-28-52(47)57/h1-37H. The second kappa shape index (κ2) is 13.4. The van der Waals surface area contributed by atoms with Crippen LogP contribution in [0.25, 0.3) is 64.0 Å². The first-order valence-corrected chi connectivity index (χ1v) is 21.2. The summed E-state index contributed by atoms with van der Waals surface area (Å²) in [6.07, 6.45) is 0. The Hall–Kier alpha value is -7.26. The van der Waals surface area contributed by atoms with Gasteiger partial charge in [-0.2, -0.15) is 0 Å². The Kier molecular flexibility index (Phi) is 7.69. The van der Waals surface area contributed by atoms with Crippen molar-refractivity contribution in [2.45, 2.75) is 5.41 Å². The molecule has 0 bridgehead atoms. The van der Waals surface area contributed by atoms with Crippen molar-refractivity contribution in [3.8, 4) is 22.3 Å². The molecule has 1 aliphatic rings. The highest BCUT2D eigenvalue weighted by atomic mass is 32.1. The van der Waals surface area contributed by atoms with Gasteiger partial charge in [0.25, 0.3) is 0 Å². The van der Waals surface area contributed by atoms with Crippen molar-refractivity contribution >= 4 is 70.1 Å². The molecule has 0 atom stereocenters. The van der Waals surface area contributed by atoms with Gasteiger partial charge in [0, 0.05) is 42.3 Å². The van der Waals surface area contributed by atoms with Crippen LogP contribution in [-0.2, 0) is 5.41 Å². The lowest BCUT2D eigenvalue weighted by Gasteiger charge is -2.35. The van der Waals surface area contributed by atoms with Crippen molar-refractivity contribution < 1.29 is 0 Å². The van der Waals surface area contributed by atoms with E-state index < -0.39 is 5.41 Å². The van der Waals surface area contributed by atoms with Crippen LogP contribution in [0.1, 0.15) is 22.3 Å². The van der Waals surface area contributed by atoms with E-state index >= 15 is 0 Å². The lowest BCUT2D eigenvalue weighted by atomic mass is 9.67. The molecule has 0 saturated heterocycles. The van der Waals surface area contributed by atoms with E-state index in [1.165, 1.54) is 86.2 Å². The second-order valence-corrected chi connectivity index (χ2v) is 16.6. The number of benzene rings is 10. The number of nitrogens with zero attached hydrogens (tertiary/aromatic N) is 1. The molecule has 0 radical (unpaired) electrons. The summed E-state index contributed by atoms with van der Waals surface area (Å²) in [5, 5.41) is 7.66. The quantitative estimate of drug-likeness (QED) is 0.152. The zero-order chi connectivity index (χ0) is 38.9. The van der Waals surface area contributed by atoms with Crippen LogP contribution in [0.3, 0.4) is 0 Å². The molecular formula is C57H37NS. The Bertz CT molecular complexity index is 3330. The van der Waals surface area contributed by atoms with E-state index in [2.05, 4.69) is 229 Å². The van der Waals surface area contributed by atoms with Crippen LogP contribution in [0.2, 0.25) is 0 Å². The van der Waals surface area contributed by atoms with Crippen molar-refractivity contribution in [3.05, 3.63) is 247 Å². The molecule has 10 aromatic carbocycles. The minimum Gasteiger partial charge on any atom is -0.310 e. The third-order valence-electron chi connectivity index (χ3n) is 12.5. The molecule has 1 heterocycles. The smallest absolute Gasteiger partial charge is 0.0714 e. The summed E-state index contributed by atoms with van der Waals surface area (Å²) in [5.74, 6) is 0. The van der Waals surface area contributed by atoms with Gasteiger partial charge < -0.3 is 4.90 Å². The first kappa shape index (κ1) is 33.8. The van der Waals surface area contributed by atoms with Gasteiger partial charge in [-0.1, -0.05) is 188 Å². The second-order valence-electron chi connectivity index (χ2n) is 15.6. The van der Waals surface area contributed by atoms with Crippen LogP contribution in [0, 0.1) is 0 Å². The van der Waals surface area contributed by atoms with Gasteiger partial charge in [0.2, 0.25) is 0 Å². The van der Waals surface area contributed by atoms with Gasteiger partial charge in [-0.25, -0.2) is 0 Å². The van der Waals surface area contributed by atoms with Crippen LogP contribution >= 0.6 is 11.3 Å². The third-order valence-corrected chi connectivity index (χ3v) is 13.7. The SMILES string of the molecule is c1ccc(-c2ccc(N(c3cccc(C4(c5ccccc5)c5ccccc5-c5ccccc54)c3)c3cc4ccccc4c4c3ccc3c5ccccc5sc34)cc2)cc1. The molecule has 11 aromatic rings. The molecule has 1 aliphatic carbocycles. The molecule has 12 rings (SSSR count). The van der Waals surface area contributed by atoms with E-state index in [-0.39, 0.29) is 0 Å². The highest BCUT2D eigenvalue weighted by Gasteiger charge is 2.46. The summed E-state index contributed by atoms with van der Waals surface area (Å²) in [4.78, 5) is 2.50. The number of hydrogen-bond donors (Lipinski definition) is 0. The normalized spacial score (nSPS) is 12.9. The third kappa shape index (κ3) is 5.10. The Labute approximate surface area is 347 Å². The average Bonchev–Trinajstić information content (AvgIpc) is 3.84. The highest BCUT2D eigenvalue weighted by Crippen LogP contribution is 2.57. The van der Waals surface area contributed by atoms with Crippen LogP contribution in [0.5, 0.6) is 0 Å². The molecular weight excluding hydrogens is 731 g/mol. The molecule has 1 aromatic heterocycles. The van der Waals surface area contributed by atoms with E-state index in [9.17, 15) is 0 Å². The first-order valence-electron chi connectivity index (χ1n) is 20.3. The van der Waals surface area contributed by atoms with E-state index in [4.69, 9.17) is 0 Å². The van der Waals surface area contributed by atoms with E-state index in [1.54, 1.807) is 0 Å². The van der Waals surface area contributed by atoms with Crippen LogP contribution < -0.4 is 4.90 Å². The lowest BCUT2D eigenvalue weighted by Crippen LogP contribution is -2.28. The minimum atomic E-state index is -0.512. The van der Waals surface area contributed by atoms with Gasteiger partial charge in [-0.15, -0.1) is 11.3 Å². The Balaban J connectivity index is 1.16. The fourth-order valence-electron chi connectivity index (χ4n) is 9.98. The molecule has 276 valence electrons. The molecule has 0 saturated carbocycles. The fraction of sp³-hybridized carbons (Fsp3) is 0.0175. The summed E-state index contributed by atoms with van der Waals surface area (Å²) in [7, 11) is 0. The topological polar surface area (TPSA) is 3.24 Å². The van der Waals surface area contributed by atoms with Crippen molar-refractivity contribution in [2.24, 2.45) is 0 Å². The molecule has 0 amide bonds. The van der Waals surface area contributed by atoms with Gasteiger partial charge >= 0.3 is 0 Å². The minimum absolute atomic E-state index is 0.512. The van der Waals surface area contributed by atoms with E-state index in [1.807, 2.05) is 11.3 Å². The van der Waals surface area contributed by atoms with Gasteiger partial charge in [-0.3, -0.25) is 0 Å². The fourth-order valence-corrected chi connectivity index (χ4v) is 11.2. The van der Waals surface area contributed by atoms with Crippen molar-refractivity contribution in [1.29, 1.82) is 0 Å². The maximum Gasteiger partial charge on any atom is 0.0714 e. The first-order chi connectivity index (χ1) is 29.3. The molecule has 0 unspecified atom stereocenters. The Morgan fingerprint density at radius 2 is 0.966 bits per heavy atom. The summed E-state index contributed by atoms with van der Waals surface area (Å²) in [6.45, 7) is 0. The van der Waals surface area contributed by atoms with Crippen molar-refractivity contribution in [1.82, 2.24) is 0 Å². The largest absolute Gasteiger partial charge is 0.310 e. The molecule has 0 fully saturated rings.